The van der Waals surface area contributed by atoms with E-state index in [1.165, 1.54) is 32.1 Å². The topological polar surface area (TPSA) is 29.1 Å². The second-order valence-corrected chi connectivity index (χ2v) is 4.28. The van der Waals surface area contributed by atoms with Gasteiger partial charge in [0.25, 0.3) is 0 Å². The van der Waals surface area contributed by atoms with Crippen LogP contribution in [0.4, 0.5) is 0 Å². The Hall–Kier alpha value is -0.370. The van der Waals surface area contributed by atoms with E-state index in [1.807, 2.05) is 0 Å². The third kappa shape index (κ3) is 4.23. The Kier molecular flexibility index (Phi) is 5.85. The third-order valence-corrected chi connectivity index (χ3v) is 2.98. The Morgan fingerprint density at radius 3 is 2.79 bits per heavy atom. The van der Waals surface area contributed by atoms with Gasteiger partial charge in [0.1, 0.15) is 5.78 Å². The molecule has 1 heterocycles. The van der Waals surface area contributed by atoms with Gasteiger partial charge in [0.15, 0.2) is 0 Å². The zero-order valence-electron chi connectivity index (χ0n) is 9.35. The Labute approximate surface area is 87.5 Å². The molecule has 1 saturated heterocycles. The van der Waals surface area contributed by atoms with Gasteiger partial charge in [-0.25, -0.2) is 0 Å². The monoisotopic (exact) mass is 197 g/mol. The van der Waals surface area contributed by atoms with Gasteiger partial charge in [0.2, 0.25) is 0 Å². The van der Waals surface area contributed by atoms with Crippen molar-refractivity contribution >= 4 is 5.78 Å². The molecule has 0 aliphatic carbocycles. The summed E-state index contributed by atoms with van der Waals surface area (Å²) in [7, 11) is 0. The molecule has 0 radical (unpaired) electrons. The Bertz CT molecular complexity index is 162. The van der Waals surface area contributed by atoms with E-state index in [0.717, 1.165) is 25.8 Å². The molecule has 1 N–H and O–H groups in total. The van der Waals surface area contributed by atoms with Crippen molar-refractivity contribution in [3.05, 3.63) is 0 Å². The molecule has 1 aliphatic rings. The number of piperidine rings is 1. The first-order chi connectivity index (χ1) is 6.84. The number of ketones is 1. The predicted molar refractivity (Wildman–Crippen MR) is 59.4 cm³/mol. The van der Waals surface area contributed by atoms with Crippen LogP contribution in [0.25, 0.3) is 0 Å². The van der Waals surface area contributed by atoms with E-state index in [-0.39, 0.29) is 6.04 Å². The molecule has 1 fully saturated rings. The van der Waals surface area contributed by atoms with Crippen molar-refractivity contribution in [1.82, 2.24) is 5.32 Å². The molecule has 0 spiro atoms. The van der Waals surface area contributed by atoms with Gasteiger partial charge in [-0.1, -0.05) is 32.6 Å². The summed E-state index contributed by atoms with van der Waals surface area (Å²) in [5, 5.41) is 3.31. The summed E-state index contributed by atoms with van der Waals surface area (Å²) in [5.74, 6) is 0.445. The molecule has 1 rings (SSSR count). The molecule has 0 bridgehead atoms. The summed E-state index contributed by atoms with van der Waals surface area (Å²) in [6.07, 6.45) is 9.13. The first kappa shape index (κ1) is 11.7. The molecular weight excluding hydrogens is 174 g/mol. The number of unbranched alkanes of at least 4 members (excludes halogenated alkanes) is 3. The van der Waals surface area contributed by atoms with Crippen molar-refractivity contribution < 1.29 is 4.79 Å². The van der Waals surface area contributed by atoms with Gasteiger partial charge in [-0.05, 0) is 25.8 Å². The van der Waals surface area contributed by atoms with Crippen molar-refractivity contribution in [2.45, 2.75) is 64.3 Å². The second kappa shape index (κ2) is 6.99. The number of carbonyl (C=O) groups is 1. The van der Waals surface area contributed by atoms with E-state index >= 15 is 0 Å². The van der Waals surface area contributed by atoms with Crippen LogP contribution in [0.2, 0.25) is 0 Å². The quantitative estimate of drug-likeness (QED) is 0.663. The molecular formula is C12H23NO. The van der Waals surface area contributed by atoms with Gasteiger partial charge in [-0.2, -0.15) is 0 Å². The standard InChI is InChI=1S/C12H23NO/c1-2-3-4-5-9-12(14)11-8-6-7-10-13-11/h11,13H,2-10H2,1H3. The lowest BCUT2D eigenvalue weighted by molar-refractivity contribution is -0.121. The minimum Gasteiger partial charge on any atom is -0.307 e. The minimum absolute atomic E-state index is 0.186. The summed E-state index contributed by atoms with van der Waals surface area (Å²) < 4.78 is 0. The highest BCUT2D eigenvalue weighted by molar-refractivity contribution is 5.84. The minimum atomic E-state index is 0.186. The largest absolute Gasteiger partial charge is 0.307 e. The van der Waals surface area contributed by atoms with Crippen LogP contribution in [-0.2, 0) is 4.79 Å². The Morgan fingerprint density at radius 2 is 2.14 bits per heavy atom. The van der Waals surface area contributed by atoms with Crippen molar-refractivity contribution in [3.8, 4) is 0 Å². The van der Waals surface area contributed by atoms with Gasteiger partial charge >= 0.3 is 0 Å². The van der Waals surface area contributed by atoms with Gasteiger partial charge in [0.05, 0.1) is 6.04 Å². The molecule has 0 amide bonds. The molecule has 2 nitrogen and oxygen atoms in total. The zero-order valence-corrected chi connectivity index (χ0v) is 9.35. The van der Waals surface area contributed by atoms with Crippen LogP contribution in [0.15, 0.2) is 0 Å². The van der Waals surface area contributed by atoms with Gasteiger partial charge in [0, 0.05) is 6.42 Å². The number of hydrogen-bond acceptors (Lipinski definition) is 2. The molecule has 82 valence electrons. The Balaban J connectivity index is 2.07. The third-order valence-electron chi connectivity index (χ3n) is 2.98. The fourth-order valence-corrected chi connectivity index (χ4v) is 2.03. The maximum absolute atomic E-state index is 11.7. The summed E-state index contributed by atoms with van der Waals surface area (Å²) in [6.45, 7) is 3.23. The van der Waals surface area contributed by atoms with Crippen molar-refractivity contribution in [2.24, 2.45) is 0 Å². The first-order valence-electron chi connectivity index (χ1n) is 6.10. The van der Waals surface area contributed by atoms with E-state index in [0.29, 0.717) is 5.78 Å². The highest BCUT2D eigenvalue weighted by Crippen LogP contribution is 2.11. The number of carbonyl (C=O) groups excluding carboxylic acids is 1. The SMILES string of the molecule is CCCCCCC(=O)C1CCCCN1. The average molecular weight is 197 g/mol. The fraction of sp³-hybridized carbons (Fsp3) is 0.917. The van der Waals surface area contributed by atoms with E-state index in [2.05, 4.69) is 12.2 Å². The van der Waals surface area contributed by atoms with E-state index < -0.39 is 0 Å². The highest BCUT2D eigenvalue weighted by atomic mass is 16.1. The lowest BCUT2D eigenvalue weighted by atomic mass is 9.97. The molecule has 0 aromatic rings. The van der Waals surface area contributed by atoms with Gasteiger partial charge in [-0.3, -0.25) is 4.79 Å². The van der Waals surface area contributed by atoms with Crippen LogP contribution in [0.5, 0.6) is 0 Å². The van der Waals surface area contributed by atoms with Crippen molar-refractivity contribution in [3.63, 3.8) is 0 Å². The van der Waals surface area contributed by atoms with Crippen LogP contribution in [0.3, 0.4) is 0 Å². The summed E-state index contributed by atoms with van der Waals surface area (Å²) in [4.78, 5) is 11.7. The van der Waals surface area contributed by atoms with Crippen LogP contribution in [0, 0.1) is 0 Å². The van der Waals surface area contributed by atoms with E-state index in [1.54, 1.807) is 0 Å². The lowest BCUT2D eigenvalue weighted by Gasteiger charge is -2.22. The molecule has 1 unspecified atom stereocenters. The second-order valence-electron chi connectivity index (χ2n) is 4.28. The van der Waals surface area contributed by atoms with Gasteiger partial charge < -0.3 is 5.32 Å². The Morgan fingerprint density at radius 1 is 1.29 bits per heavy atom. The summed E-state index contributed by atoms with van der Waals surface area (Å²) in [6, 6.07) is 0.186. The summed E-state index contributed by atoms with van der Waals surface area (Å²) >= 11 is 0. The molecule has 0 saturated carbocycles. The normalized spacial score (nSPS) is 22.2. The van der Waals surface area contributed by atoms with E-state index in [9.17, 15) is 4.79 Å². The summed E-state index contributed by atoms with van der Waals surface area (Å²) in [5.41, 5.74) is 0. The van der Waals surface area contributed by atoms with Crippen molar-refractivity contribution in [1.29, 1.82) is 0 Å². The molecule has 0 aromatic heterocycles. The number of nitrogens with one attached hydrogen (secondary N) is 1. The number of rotatable bonds is 6. The first-order valence-corrected chi connectivity index (χ1v) is 6.10. The highest BCUT2D eigenvalue weighted by Gasteiger charge is 2.19. The fourth-order valence-electron chi connectivity index (χ4n) is 2.03. The maximum Gasteiger partial charge on any atom is 0.149 e. The molecule has 2 heteroatoms. The van der Waals surface area contributed by atoms with Crippen LogP contribution >= 0.6 is 0 Å². The van der Waals surface area contributed by atoms with Gasteiger partial charge in [-0.15, -0.1) is 0 Å². The van der Waals surface area contributed by atoms with E-state index in [4.69, 9.17) is 0 Å². The molecule has 1 atom stereocenters. The smallest absolute Gasteiger partial charge is 0.149 e. The maximum atomic E-state index is 11.7. The lowest BCUT2D eigenvalue weighted by Crippen LogP contribution is -2.40. The molecule has 0 aromatic carbocycles. The average Bonchev–Trinajstić information content (AvgIpc) is 2.25. The predicted octanol–water partition coefficient (Wildman–Crippen LogP) is 2.67. The van der Waals surface area contributed by atoms with Crippen molar-refractivity contribution in [2.75, 3.05) is 6.54 Å². The van der Waals surface area contributed by atoms with Crippen LogP contribution < -0.4 is 5.32 Å². The number of Topliss-reactive ketones (excluding diaryl/α,β-unsaturated/α-hetero) is 1. The molecule has 1 aliphatic heterocycles. The number of hydrogen-bond donors (Lipinski definition) is 1. The molecule has 14 heavy (non-hydrogen) atoms. The van der Waals surface area contributed by atoms with Crippen LogP contribution in [0.1, 0.15) is 58.3 Å². The zero-order chi connectivity index (χ0) is 10.2. The van der Waals surface area contributed by atoms with Crippen LogP contribution in [-0.4, -0.2) is 18.4 Å².